The number of rotatable bonds is 13. The van der Waals surface area contributed by atoms with E-state index >= 15 is 0 Å². The van der Waals surface area contributed by atoms with E-state index in [0.717, 1.165) is 18.4 Å². The zero-order chi connectivity index (χ0) is 18.3. The van der Waals surface area contributed by atoms with Crippen LogP contribution in [0.2, 0.25) is 0 Å². The first-order chi connectivity index (χ1) is 12.1. The molecule has 0 bridgehead atoms. The van der Waals surface area contributed by atoms with Crippen LogP contribution in [0.25, 0.3) is 0 Å². The maximum atomic E-state index is 11.8. The van der Waals surface area contributed by atoms with Gasteiger partial charge in [0.1, 0.15) is 0 Å². The first-order valence-electron chi connectivity index (χ1n) is 9.59. The first-order valence-corrected chi connectivity index (χ1v) is 9.59. The number of aryl methyl sites for hydroxylation is 1. The summed E-state index contributed by atoms with van der Waals surface area (Å²) in [6.45, 7) is 5.27. The minimum atomic E-state index is -0.195. The van der Waals surface area contributed by atoms with Gasteiger partial charge in [-0.15, -0.1) is 0 Å². The van der Waals surface area contributed by atoms with Crippen LogP contribution in [0.1, 0.15) is 75.8 Å². The molecule has 0 radical (unpaired) electrons. The number of hydrogen-bond donors (Lipinski definition) is 1. The predicted octanol–water partition coefficient (Wildman–Crippen LogP) is 4.69. The highest BCUT2D eigenvalue weighted by Crippen LogP contribution is 2.06. The first kappa shape index (κ1) is 21.2. The molecule has 25 heavy (non-hydrogen) atoms. The lowest BCUT2D eigenvalue weighted by atomic mass is 10.1. The van der Waals surface area contributed by atoms with Gasteiger partial charge in [-0.1, -0.05) is 68.9 Å². The van der Waals surface area contributed by atoms with Crippen molar-refractivity contribution in [3.63, 3.8) is 0 Å². The molecule has 0 fully saturated rings. The van der Waals surface area contributed by atoms with Gasteiger partial charge in [0.25, 0.3) is 0 Å². The fourth-order valence-corrected chi connectivity index (χ4v) is 2.53. The number of unbranched alkanes of at least 4 members (excludes halogenated alkanes) is 5. The second kappa shape index (κ2) is 13.5. The van der Waals surface area contributed by atoms with Crippen molar-refractivity contribution in [3.05, 3.63) is 35.4 Å². The van der Waals surface area contributed by atoms with E-state index in [1.165, 1.54) is 31.2 Å². The summed E-state index contributed by atoms with van der Waals surface area (Å²) in [4.78, 5) is 23.4. The van der Waals surface area contributed by atoms with Gasteiger partial charge in [-0.05, 0) is 25.3 Å². The Kier molecular flexibility index (Phi) is 11.4. The van der Waals surface area contributed by atoms with Crippen LogP contribution in [0.5, 0.6) is 0 Å². The maximum Gasteiger partial charge on any atom is 0.305 e. The van der Waals surface area contributed by atoms with Crippen LogP contribution in [0.4, 0.5) is 0 Å². The van der Waals surface area contributed by atoms with E-state index in [9.17, 15) is 9.59 Å². The van der Waals surface area contributed by atoms with E-state index < -0.39 is 0 Å². The van der Waals surface area contributed by atoms with Crippen molar-refractivity contribution in [3.8, 4) is 0 Å². The van der Waals surface area contributed by atoms with Crippen molar-refractivity contribution in [2.75, 3.05) is 6.61 Å². The number of ether oxygens (including phenoxy) is 1. The van der Waals surface area contributed by atoms with Gasteiger partial charge in [0.2, 0.25) is 5.91 Å². The standard InChI is InChI=1S/C21H33NO3/c1-3-4-5-6-7-8-16-25-21(24)11-9-10-20(23)22-17-19-14-12-18(2)13-15-19/h12-15H,3-11,16-17H2,1-2H3,(H,22,23). The molecule has 1 aromatic carbocycles. The molecule has 0 aliphatic rings. The Bertz CT molecular complexity index is 496. The lowest BCUT2D eigenvalue weighted by Gasteiger charge is -2.07. The highest BCUT2D eigenvalue weighted by molar-refractivity contribution is 5.77. The topological polar surface area (TPSA) is 55.4 Å². The molecule has 0 aromatic heterocycles. The molecule has 0 unspecified atom stereocenters. The maximum absolute atomic E-state index is 11.8. The molecular weight excluding hydrogens is 314 g/mol. The van der Waals surface area contributed by atoms with E-state index in [1.807, 2.05) is 31.2 Å². The third-order valence-electron chi connectivity index (χ3n) is 4.16. The molecule has 0 saturated heterocycles. The molecule has 1 amide bonds. The molecular formula is C21H33NO3. The zero-order valence-corrected chi connectivity index (χ0v) is 15.8. The summed E-state index contributed by atoms with van der Waals surface area (Å²) in [5, 5.41) is 2.88. The van der Waals surface area contributed by atoms with Crippen molar-refractivity contribution in [2.24, 2.45) is 0 Å². The van der Waals surface area contributed by atoms with Gasteiger partial charge in [-0.2, -0.15) is 0 Å². The highest BCUT2D eigenvalue weighted by atomic mass is 16.5. The minimum absolute atomic E-state index is 0.0238. The highest BCUT2D eigenvalue weighted by Gasteiger charge is 2.06. The number of carbonyl (C=O) groups is 2. The van der Waals surface area contributed by atoms with Crippen molar-refractivity contribution in [2.45, 2.75) is 78.2 Å². The average molecular weight is 347 g/mol. The molecule has 0 aliphatic carbocycles. The van der Waals surface area contributed by atoms with E-state index in [-0.39, 0.29) is 11.9 Å². The van der Waals surface area contributed by atoms with E-state index in [2.05, 4.69) is 12.2 Å². The molecule has 0 aliphatic heterocycles. The van der Waals surface area contributed by atoms with Crippen LogP contribution < -0.4 is 5.32 Å². The lowest BCUT2D eigenvalue weighted by Crippen LogP contribution is -2.22. The van der Waals surface area contributed by atoms with Gasteiger partial charge in [-0.3, -0.25) is 9.59 Å². The molecule has 1 rings (SSSR count). The second-order valence-electron chi connectivity index (χ2n) is 6.60. The molecule has 0 spiro atoms. The normalized spacial score (nSPS) is 10.5. The Morgan fingerprint density at radius 1 is 0.920 bits per heavy atom. The molecule has 4 nitrogen and oxygen atoms in total. The Morgan fingerprint density at radius 3 is 2.32 bits per heavy atom. The van der Waals surface area contributed by atoms with Gasteiger partial charge >= 0.3 is 5.97 Å². The quantitative estimate of drug-likeness (QED) is 0.416. The monoisotopic (exact) mass is 347 g/mol. The number of amides is 1. The Morgan fingerprint density at radius 2 is 1.60 bits per heavy atom. The summed E-state index contributed by atoms with van der Waals surface area (Å²) in [6, 6.07) is 8.08. The van der Waals surface area contributed by atoms with Gasteiger partial charge in [-0.25, -0.2) is 0 Å². The summed E-state index contributed by atoms with van der Waals surface area (Å²) in [5.74, 6) is -0.218. The van der Waals surface area contributed by atoms with Crippen LogP contribution in [-0.4, -0.2) is 18.5 Å². The molecule has 140 valence electrons. The van der Waals surface area contributed by atoms with Crippen LogP contribution in [-0.2, 0) is 20.9 Å². The van der Waals surface area contributed by atoms with E-state index in [1.54, 1.807) is 0 Å². The second-order valence-corrected chi connectivity index (χ2v) is 6.60. The van der Waals surface area contributed by atoms with Crippen LogP contribution in [0, 0.1) is 6.92 Å². The van der Waals surface area contributed by atoms with Crippen molar-refractivity contribution < 1.29 is 14.3 Å². The SMILES string of the molecule is CCCCCCCCOC(=O)CCCC(=O)NCc1ccc(C)cc1. The molecule has 1 N–H and O–H groups in total. The number of carbonyl (C=O) groups excluding carboxylic acids is 2. The van der Waals surface area contributed by atoms with E-state index in [4.69, 9.17) is 4.74 Å². The summed E-state index contributed by atoms with van der Waals surface area (Å²) in [7, 11) is 0. The van der Waals surface area contributed by atoms with Crippen LogP contribution >= 0.6 is 0 Å². The van der Waals surface area contributed by atoms with Gasteiger partial charge < -0.3 is 10.1 Å². The van der Waals surface area contributed by atoms with Crippen LogP contribution in [0.15, 0.2) is 24.3 Å². The molecule has 1 aromatic rings. The van der Waals surface area contributed by atoms with Gasteiger partial charge in [0, 0.05) is 19.4 Å². The van der Waals surface area contributed by atoms with Crippen molar-refractivity contribution >= 4 is 11.9 Å². The third-order valence-corrected chi connectivity index (χ3v) is 4.16. The van der Waals surface area contributed by atoms with Crippen molar-refractivity contribution in [1.29, 1.82) is 0 Å². The minimum Gasteiger partial charge on any atom is -0.466 e. The number of benzene rings is 1. The molecule has 0 heterocycles. The summed E-state index contributed by atoms with van der Waals surface area (Å²) < 4.78 is 5.20. The van der Waals surface area contributed by atoms with Gasteiger partial charge in [0.15, 0.2) is 0 Å². The average Bonchev–Trinajstić information content (AvgIpc) is 2.60. The molecule has 0 saturated carbocycles. The van der Waals surface area contributed by atoms with Crippen LogP contribution in [0.3, 0.4) is 0 Å². The number of nitrogens with one attached hydrogen (secondary N) is 1. The number of hydrogen-bond acceptors (Lipinski definition) is 3. The zero-order valence-electron chi connectivity index (χ0n) is 15.8. The van der Waals surface area contributed by atoms with Gasteiger partial charge in [0.05, 0.1) is 6.61 Å². The molecule has 0 atom stereocenters. The fourth-order valence-electron chi connectivity index (χ4n) is 2.53. The summed E-state index contributed by atoms with van der Waals surface area (Å²) in [5.41, 5.74) is 2.28. The Balaban J connectivity index is 1.99. The lowest BCUT2D eigenvalue weighted by molar-refractivity contribution is -0.143. The largest absolute Gasteiger partial charge is 0.466 e. The smallest absolute Gasteiger partial charge is 0.305 e. The van der Waals surface area contributed by atoms with Crippen molar-refractivity contribution in [1.82, 2.24) is 5.32 Å². The Labute approximate surface area is 152 Å². The third kappa shape index (κ3) is 11.4. The Hall–Kier alpha value is -1.84. The summed E-state index contributed by atoms with van der Waals surface area (Å²) in [6.07, 6.45) is 8.27. The summed E-state index contributed by atoms with van der Waals surface area (Å²) >= 11 is 0. The predicted molar refractivity (Wildman–Crippen MR) is 101 cm³/mol. The fraction of sp³-hybridized carbons (Fsp3) is 0.619. The van der Waals surface area contributed by atoms with E-state index in [0.29, 0.717) is 32.4 Å². The molecule has 4 heteroatoms. The number of esters is 1.